The number of rotatable bonds is 11. The van der Waals surface area contributed by atoms with Crippen LogP contribution in [0, 0.1) is 11.6 Å². The van der Waals surface area contributed by atoms with Crippen molar-refractivity contribution in [3.63, 3.8) is 0 Å². The number of carboxylic acids is 1. The summed E-state index contributed by atoms with van der Waals surface area (Å²) < 4.78 is 37.0. The van der Waals surface area contributed by atoms with Crippen molar-refractivity contribution < 1.29 is 28.2 Å². The maximum atomic E-state index is 15.4. The molecule has 0 saturated carbocycles. The molecule has 1 atom stereocenters. The fraction of sp³-hybridized carbons (Fsp3) is 0.233. The summed E-state index contributed by atoms with van der Waals surface area (Å²) in [5.41, 5.74) is 2.69. The summed E-state index contributed by atoms with van der Waals surface area (Å²) in [5, 5.41) is 11.3. The molecule has 1 unspecified atom stereocenters. The Balaban J connectivity index is 1.63. The number of hydrogen-bond donors (Lipinski definition) is 3. The average Bonchev–Trinajstić information content (AvgIpc) is 3.28. The van der Waals surface area contributed by atoms with Gasteiger partial charge in [0.25, 0.3) is 6.01 Å². The van der Waals surface area contributed by atoms with Crippen LogP contribution in [0.2, 0.25) is 0 Å². The molecule has 1 amide bonds. The zero-order valence-corrected chi connectivity index (χ0v) is 22.9. The van der Waals surface area contributed by atoms with Gasteiger partial charge in [0.1, 0.15) is 16.9 Å². The third-order valence-corrected chi connectivity index (χ3v) is 6.97. The van der Waals surface area contributed by atoms with Crippen molar-refractivity contribution in [3.05, 3.63) is 106 Å². The fourth-order valence-electron chi connectivity index (χ4n) is 4.43. The number of aromatic carboxylic acids is 1. The Hall–Kier alpha value is -4.18. The first-order chi connectivity index (χ1) is 19.2. The highest BCUT2D eigenvalue weighted by atomic mass is 32.1. The molecule has 0 aliphatic rings. The molecule has 4 rings (SSSR count). The second-order valence-corrected chi connectivity index (χ2v) is 9.48. The number of benzene rings is 3. The number of hydrogen-bond acceptors (Lipinski definition) is 5. The first-order valence-corrected chi connectivity index (χ1v) is 13.3. The first-order valence-electron chi connectivity index (χ1n) is 12.8. The second kappa shape index (κ2) is 12.8. The minimum atomic E-state index is -1.10. The zero-order chi connectivity index (χ0) is 28.8. The molecular formula is C30H29F2N3O4S. The van der Waals surface area contributed by atoms with Gasteiger partial charge >= 0.3 is 5.97 Å². The van der Waals surface area contributed by atoms with E-state index < -0.39 is 28.8 Å². The standard InChI is InChI=1S/C30H29F2N3O4S/c1-3-25-26(16-33-28(36)27(40)22-11-7-8-12-23(22)31)35(30(34-25)39-4-2)17-19-14-13-18(15-24(19)32)20-9-5-6-10-21(20)29(37)38/h5-15,27,40H,3-4,16-17H2,1-2H3,(H,33,36)(H,37,38). The Morgan fingerprint density at radius 1 is 1.05 bits per heavy atom. The molecule has 10 heteroatoms. The lowest BCUT2D eigenvalue weighted by Crippen LogP contribution is -2.28. The minimum absolute atomic E-state index is 0.0410. The van der Waals surface area contributed by atoms with Gasteiger partial charge in [-0.1, -0.05) is 55.5 Å². The normalized spacial score (nSPS) is 11.7. The van der Waals surface area contributed by atoms with E-state index in [9.17, 15) is 19.1 Å². The van der Waals surface area contributed by atoms with Crippen LogP contribution in [0.1, 0.15) is 52.0 Å². The summed E-state index contributed by atoms with van der Waals surface area (Å²) in [6.07, 6.45) is 0.531. The molecule has 0 aliphatic carbocycles. The van der Waals surface area contributed by atoms with E-state index in [0.717, 1.165) is 0 Å². The number of thiol groups is 1. The second-order valence-electron chi connectivity index (χ2n) is 8.96. The smallest absolute Gasteiger partial charge is 0.336 e. The lowest BCUT2D eigenvalue weighted by Gasteiger charge is -2.16. The van der Waals surface area contributed by atoms with Gasteiger partial charge in [-0.15, -0.1) is 0 Å². The van der Waals surface area contributed by atoms with Crippen LogP contribution in [0.5, 0.6) is 6.01 Å². The molecule has 3 aromatic carbocycles. The molecule has 0 saturated heterocycles. The number of carbonyl (C=O) groups excluding carboxylic acids is 1. The maximum Gasteiger partial charge on any atom is 0.336 e. The van der Waals surface area contributed by atoms with Gasteiger partial charge in [0.15, 0.2) is 0 Å². The highest BCUT2D eigenvalue weighted by Crippen LogP contribution is 2.28. The van der Waals surface area contributed by atoms with Crippen LogP contribution in [-0.4, -0.2) is 33.1 Å². The molecule has 208 valence electrons. The number of ether oxygens (including phenoxy) is 1. The van der Waals surface area contributed by atoms with Crippen molar-refractivity contribution in [1.82, 2.24) is 14.9 Å². The van der Waals surface area contributed by atoms with E-state index in [1.54, 1.807) is 47.9 Å². The van der Waals surface area contributed by atoms with Gasteiger partial charge in [-0.25, -0.2) is 13.6 Å². The first kappa shape index (κ1) is 28.8. The lowest BCUT2D eigenvalue weighted by atomic mass is 9.98. The molecule has 1 heterocycles. The molecule has 0 bridgehead atoms. The van der Waals surface area contributed by atoms with E-state index in [0.29, 0.717) is 41.1 Å². The molecule has 1 aromatic heterocycles. The highest BCUT2D eigenvalue weighted by molar-refractivity contribution is 7.81. The number of nitrogens with zero attached hydrogens (tertiary/aromatic N) is 2. The number of aryl methyl sites for hydroxylation is 1. The largest absolute Gasteiger partial charge is 0.478 e. The van der Waals surface area contributed by atoms with Crippen LogP contribution in [0.15, 0.2) is 66.7 Å². The molecular weight excluding hydrogens is 536 g/mol. The van der Waals surface area contributed by atoms with Gasteiger partial charge < -0.3 is 15.2 Å². The SMILES string of the molecule is CCOc1nc(CC)c(CNC(=O)C(S)c2ccccc2F)n1Cc1ccc(-c2ccccc2C(=O)O)cc1F. The number of halogens is 2. The van der Waals surface area contributed by atoms with E-state index in [1.807, 2.05) is 6.92 Å². The van der Waals surface area contributed by atoms with Crippen molar-refractivity contribution >= 4 is 24.5 Å². The van der Waals surface area contributed by atoms with Gasteiger partial charge in [0.05, 0.1) is 36.6 Å². The van der Waals surface area contributed by atoms with E-state index in [1.165, 1.54) is 30.3 Å². The quantitative estimate of drug-likeness (QED) is 0.199. The van der Waals surface area contributed by atoms with Crippen LogP contribution in [0.3, 0.4) is 0 Å². The van der Waals surface area contributed by atoms with Gasteiger partial charge in [0.2, 0.25) is 5.91 Å². The molecule has 0 spiro atoms. The molecule has 0 aliphatic heterocycles. The maximum absolute atomic E-state index is 15.4. The number of nitrogens with one attached hydrogen (secondary N) is 1. The minimum Gasteiger partial charge on any atom is -0.478 e. The molecule has 7 nitrogen and oxygen atoms in total. The summed E-state index contributed by atoms with van der Waals surface area (Å²) in [4.78, 5) is 29.0. The Kier molecular flexibility index (Phi) is 9.21. The van der Waals surface area contributed by atoms with Gasteiger partial charge in [0, 0.05) is 11.1 Å². The highest BCUT2D eigenvalue weighted by Gasteiger charge is 2.23. The lowest BCUT2D eigenvalue weighted by molar-refractivity contribution is -0.120. The van der Waals surface area contributed by atoms with E-state index in [2.05, 4.69) is 22.9 Å². The Bertz CT molecular complexity index is 1540. The number of imidazole rings is 1. The third-order valence-electron chi connectivity index (χ3n) is 6.46. The summed E-state index contributed by atoms with van der Waals surface area (Å²) in [6.45, 7) is 4.13. The van der Waals surface area contributed by atoms with Crippen LogP contribution >= 0.6 is 12.6 Å². The zero-order valence-electron chi connectivity index (χ0n) is 22.0. The Labute approximate surface area is 236 Å². The summed E-state index contributed by atoms with van der Waals surface area (Å²) in [6, 6.07) is 17.2. The van der Waals surface area contributed by atoms with E-state index in [-0.39, 0.29) is 30.2 Å². The Morgan fingerprint density at radius 2 is 1.77 bits per heavy atom. The van der Waals surface area contributed by atoms with Gasteiger partial charge in [-0.3, -0.25) is 9.36 Å². The number of carboxylic acid groups (broad SMARTS) is 1. The van der Waals surface area contributed by atoms with Gasteiger partial charge in [-0.05, 0) is 42.7 Å². The molecule has 4 aromatic rings. The van der Waals surface area contributed by atoms with Crippen molar-refractivity contribution in [2.75, 3.05) is 6.61 Å². The monoisotopic (exact) mass is 565 g/mol. The number of carbonyl (C=O) groups is 2. The van der Waals surface area contributed by atoms with Crippen molar-refractivity contribution in [3.8, 4) is 17.1 Å². The predicted molar refractivity (Wildman–Crippen MR) is 151 cm³/mol. The van der Waals surface area contributed by atoms with Crippen molar-refractivity contribution in [1.29, 1.82) is 0 Å². The summed E-state index contributed by atoms with van der Waals surface area (Å²) in [7, 11) is 0. The fourth-order valence-corrected chi connectivity index (χ4v) is 4.74. The predicted octanol–water partition coefficient (Wildman–Crippen LogP) is 5.82. The van der Waals surface area contributed by atoms with Crippen LogP contribution in [0.4, 0.5) is 8.78 Å². The molecule has 0 radical (unpaired) electrons. The molecule has 2 N–H and O–H groups in total. The van der Waals surface area contributed by atoms with Crippen molar-refractivity contribution in [2.45, 2.75) is 38.6 Å². The van der Waals surface area contributed by atoms with E-state index >= 15 is 4.39 Å². The van der Waals surface area contributed by atoms with Crippen LogP contribution in [-0.2, 0) is 24.3 Å². The van der Waals surface area contributed by atoms with Crippen LogP contribution in [0.25, 0.3) is 11.1 Å². The number of aromatic nitrogens is 2. The van der Waals surface area contributed by atoms with Gasteiger partial charge in [-0.2, -0.15) is 17.6 Å². The van der Waals surface area contributed by atoms with Crippen molar-refractivity contribution in [2.24, 2.45) is 0 Å². The Morgan fingerprint density at radius 3 is 2.45 bits per heavy atom. The third kappa shape index (κ3) is 6.17. The number of amides is 1. The van der Waals surface area contributed by atoms with E-state index in [4.69, 9.17) is 4.74 Å². The van der Waals surface area contributed by atoms with Crippen LogP contribution < -0.4 is 10.1 Å². The average molecular weight is 566 g/mol. The molecule has 40 heavy (non-hydrogen) atoms. The summed E-state index contributed by atoms with van der Waals surface area (Å²) in [5.74, 6) is -2.65. The topological polar surface area (TPSA) is 93.5 Å². The summed E-state index contributed by atoms with van der Waals surface area (Å²) >= 11 is 4.31. The molecule has 0 fully saturated rings.